The second-order valence-electron chi connectivity index (χ2n) is 5.81. The highest BCUT2D eigenvalue weighted by Crippen LogP contribution is 2.23. The number of H-pyrrole nitrogens is 1. The number of aromatic nitrogens is 1. The number of amides is 1. The number of piperidine rings is 1. The van der Waals surface area contributed by atoms with Gasteiger partial charge in [0.2, 0.25) is 0 Å². The Balaban J connectivity index is 1.81. The molecule has 0 spiro atoms. The minimum absolute atomic E-state index is 0.145. The van der Waals surface area contributed by atoms with Crippen LogP contribution in [0, 0.1) is 0 Å². The lowest BCUT2D eigenvalue weighted by molar-refractivity contribution is 0.0597. The van der Waals surface area contributed by atoms with Crippen molar-refractivity contribution in [1.82, 2.24) is 15.2 Å². The van der Waals surface area contributed by atoms with E-state index in [9.17, 15) is 4.79 Å². The summed E-state index contributed by atoms with van der Waals surface area (Å²) in [4.78, 5) is 18.1. The van der Waals surface area contributed by atoms with E-state index in [-0.39, 0.29) is 5.91 Å². The lowest BCUT2D eigenvalue weighted by Crippen LogP contribution is -2.44. The predicted molar refractivity (Wildman–Crippen MR) is 85.5 cm³/mol. The van der Waals surface area contributed by atoms with Gasteiger partial charge in [0.05, 0.1) is 0 Å². The van der Waals surface area contributed by atoms with Crippen molar-refractivity contribution in [3.8, 4) is 0 Å². The van der Waals surface area contributed by atoms with Gasteiger partial charge < -0.3 is 15.2 Å². The van der Waals surface area contributed by atoms with Gasteiger partial charge in [-0.05, 0) is 51.4 Å². The van der Waals surface area contributed by atoms with E-state index in [0.717, 1.165) is 43.3 Å². The van der Waals surface area contributed by atoms with E-state index in [0.29, 0.717) is 11.7 Å². The van der Waals surface area contributed by atoms with Crippen LogP contribution in [0.15, 0.2) is 30.3 Å². The predicted octanol–water partition coefficient (Wildman–Crippen LogP) is 2.77. The molecule has 1 amide bonds. The molecule has 112 valence electrons. The Morgan fingerprint density at radius 1 is 1.38 bits per heavy atom. The number of fused-ring (bicyclic) bond motifs is 1. The molecule has 0 bridgehead atoms. The molecule has 1 aromatic carbocycles. The molecule has 0 saturated carbocycles. The monoisotopic (exact) mass is 285 g/mol. The van der Waals surface area contributed by atoms with Gasteiger partial charge in [0.15, 0.2) is 0 Å². The topological polar surface area (TPSA) is 48.1 Å². The maximum atomic E-state index is 12.8. The van der Waals surface area contributed by atoms with Crippen LogP contribution in [0.5, 0.6) is 0 Å². The van der Waals surface area contributed by atoms with Crippen LogP contribution in [0.4, 0.5) is 0 Å². The van der Waals surface area contributed by atoms with Crippen LogP contribution in [0.3, 0.4) is 0 Å². The number of likely N-dealkylation sites (tertiary alicyclic amines) is 1. The Morgan fingerprint density at radius 2 is 2.24 bits per heavy atom. The molecule has 1 fully saturated rings. The number of hydrogen-bond acceptors (Lipinski definition) is 2. The molecule has 1 saturated heterocycles. The van der Waals surface area contributed by atoms with Crippen molar-refractivity contribution < 1.29 is 4.79 Å². The van der Waals surface area contributed by atoms with E-state index in [2.05, 4.69) is 15.2 Å². The Hall–Kier alpha value is -1.81. The zero-order valence-electron chi connectivity index (χ0n) is 12.6. The molecule has 0 aliphatic carbocycles. The SMILES string of the molecule is CNCCC1CCCCN1C(=O)c1cc2ccccc2[nH]1. The summed E-state index contributed by atoms with van der Waals surface area (Å²) in [7, 11) is 1.96. The fraction of sp³-hybridized carbons (Fsp3) is 0.471. The highest BCUT2D eigenvalue weighted by molar-refractivity contribution is 5.98. The largest absolute Gasteiger partial charge is 0.351 e. The number of rotatable bonds is 4. The summed E-state index contributed by atoms with van der Waals surface area (Å²) in [6, 6.07) is 10.4. The molecule has 4 heteroatoms. The van der Waals surface area contributed by atoms with Crippen molar-refractivity contribution >= 4 is 16.8 Å². The van der Waals surface area contributed by atoms with Gasteiger partial charge >= 0.3 is 0 Å². The van der Waals surface area contributed by atoms with Gasteiger partial charge in [0.25, 0.3) is 5.91 Å². The van der Waals surface area contributed by atoms with Gasteiger partial charge in [-0.15, -0.1) is 0 Å². The third kappa shape index (κ3) is 2.95. The Labute approximate surface area is 125 Å². The van der Waals surface area contributed by atoms with E-state index in [1.54, 1.807) is 0 Å². The number of aromatic amines is 1. The summed E-state index contributed by atoms with van der Waals surface area (Å²) >= 11 is 0. The molecular weight excluding hydrogens is 262 g/mol. The minimum atomic E-state index is 0.145. The minimum Gasteiger partial charge on any atom is -0.351 e. The highest BCUT2D eigenvalue weighted by Gasteiger charge is 2.27. The number of carbonyl (C=O) groups is 1. The van der Waals surface area contributed by atoms with Gasteiger partial charge in [0.1, 0.15) is 5.69 Å². The Bertz CT molecular complexity index is 586. The van der Waals surface area contributed by atoms with Crippen molar-refractivity contribution in [1.29, 1.82) is 0 Å². The van der Waals surface area contributed by atoms with E-state index < -0.39 is 0 Å². The molecule has 2 heterocycles. The molecule has 4 nitrogen and oxygen atoms in total. The van der Waals surface area contributed by atoms with Crippen LogP contribution in [0.1, 0.15) is 36.2 Å². The van der Waals surface area contributed by atoms with Crippen molar-refractivity contribution in [2.75, 3.05) is 20.1 Å². The van der Waals surface area contributed by atoms with Gasteiger partial charge in [-0.25, -0.2) is 0 Å². The Morgan fingerprint density at radius 3 is 3.05 bits per heavy atom. The normalized spacial score (nSPS) is 19.1. The highest BCUT2D eigenvalue weighted by atomic mass is 16.2. The standard InChI is InChI=1S/C17H23N3O/c1-18-10-9-14-7-4-5-11-20(14)17(21)16-12-13-6-2-3-8-15(13)19-16/h2-3,6,8,12,14,18-19H,4-5,7,9-11H2,1H3. The van der Waals surface area contributed by atoms with Crippen molar-refractivity contribution in [3.05, 3.63) is 36.0 Å². The summed E-state index contributed by atoms with van der Waals surface area (Å²) in [5.74, 6) is 0.145. The van der Waals surface area contributed by atoms with E-state index in [1.807, 2.05) is 37.4 Å². The molecule has 1 aromatic heterocycles. The summed E-state index contributed by atoms with van der Waals surface area (Å²) in [5, 5.41) is 4.29. The lowest BCUT2D eigenvalue weighted by Gasteiger charge is -2.35. The fourth-order valence-corrected chi connectivity index (χ4v) is 3.22. The Kier molecular flexibility index (Phi) is 4.25. The molecule has 1 aliphatic heterocycles. The summed E-state index contributed by atoms with van der Waals surface area (Å²) in [6.07, 6.45) is 4.49. The van der Waals surface area contributed by atoms with Crippen LogP contribution >= 0.6 is 0 Å². The molecule has 1 atom stereocenters. The number of nitrogens with zero attached hydrogens (tertiary/aromatic N) is 1. The number of carbonyl (C=O) groups excluding carboxylic acids is 1. The van der Waals surface area contributed by atoms with Gasteiger partial charge in [0, 0.05) is 23.5 Å². The maximum absolute atomic E-state index is 12.8. The molecule has 1 aliphatic rings. The van der Waals surface area contributed by atoms with Gasteiger partial charge in [-0.2, -0.15) is 0 Å². The van der Waals surface area contributed by atoms with Crippen molar-refractivity contribution in [3.63, 3.8) is 0 Å². The van der Waals surface area contributed by atoms with E-state index >= 15 is 0 Å². The first-order valence-electron chi connectivity index (χ1n) is 7.83. The van der Waals surface area contributed by atoms with Gasteiger partial charge in [-0.3, -0.25) is 4.79 Å². The van der Waals surface area contributed by atoms with Crippen LogP contribution in [-0.2, 0) is 0 Å². The van der Waals surface area contributed by atoms with Crippen molar-refractivity contribution in [2.24, 2.45) is 0 Å². The quantitative estimate of drug-likeness (QED) is 0.907. The van der Waals surface area contributed by atoms with Crippen LogP contribution < -0.4 is 5.32 Å². The fourth-order valence-electron chi connectivity index (χ4n) is 3.22. The second kappa shape index (κ2) is 6.31. The molecule has 0 radical (unpaired) electrons. The third-order valence-electron chi connectivity index (χ3n) is 4.38. The summed E-state index contributed by atoms with van der Waals surface area (Å²) < 4.78 is 0. The molecule has 21 heavy (non-hydrogen) atoms. The molecule has 2 aromatic rings. The smallest absolute Gasteiger partial charge is 0.270 e. The number of benzene rings is 1. The van der Waals surface area contributed by atoms with Crippen LogP contribution in [0.2, 0.25) is 0 Å². The molecule has 1 unspecified atom stereocenters. The van der Waals surface area contributed by atoms with Gasteiger partial charge in [-0.1, -0.05) is 18.2 Å². The third-order valence-corrected chi connectivity index (χ3v) is 4.38. The van der Waals surface area contributed by atoms with E-state index in [1.165, 1.54) is 6.42 Å². The average molecular weight is 285 g/mol. The number of hydrogen-bond donors (Lipinski definition) is 2. The second-order valence-corrected chi connectivity index (χ2v) is 5.81. The lowest BCUT2D eigenvalue weighted by atomic mass is 9.99. The van der Waals surface area contributed by atoms with Crippen molar-refractivity contribution in [2.45, 2.75) is 31.7 Å². The first kappa shape index (κ1) is 14.1. The average Bonchev–Trinajstić information content (AvgIpc) is 2.96. The van der Waals surface area contributed by atoms with Crippen LogP contribution in [0.25, 0.3) is 10.9 Å². The summed E-state index contributed by atoms with van der Waals surface area (Å²) in [5.41, 5.74) is 1.75. The summed E-state index contributed by atoms with van der Waals surface area (Å²) in [6.45, 7) is 1.84. The maximum Gasteiger partial charge on any atom is 0.270 e. The molecule has 2 N–H and O–H groups in total. The first-order chi connectivity index (χ1) is 10.3. The zero-order valence-corrected chi connectivity index (χ0v) is 12.6. The number of para-hydroxylation sites is 1. The molecular formula is C17H23N3O. The first-order valence-corrected chi connectivity index (χ1v) is 7.83. The molecule has 3 rings (SSSR count). The van der Waals surface area contributed by atoms with E-state index in [4.69, 9.17) is 0 Å². The number of nitrogens with one attached hydrogen (secondary N) is 2. The zero-order chi connectivity index (χ0) is 14.7. The van der Waals surface area contributed by atoms with Crippen LogP contribution in [-0.4, -0.2) is 42.0 Å².